The second kappa shape index (κ2) is 10.6. The summed E-state index contributed by atoms with van der Waals surface area (Å²) < 4.78 is 20.8. The summed E-state index contributed by atoms with van der Waals surface area (Å²) in [5.74, 6) is -1.96. The molecular formula is C25H34FN5O4. The number of nitrogens with two attached hydrogens (primary N) is 3. The number of primary amides is 1. The van der Waals surface area contributed by atoms with Crippen molar-refractivity contribution < 1.29 is 23.5 Å². The molecule has 6 N–H and O–H groups in total. The van der Waals surface area contributed by atoms with Crippen LogP contribution in [-0.2, 0) is 16.0 Å². The zero-order chi connectivity index (χ0) is 25.9. The standard InChI is InChI=1S/C17H19FN4O2.C8H15NO2/c1-8-14-12(6-17(2,3)7-13(14)23)22(21-8)9-4-10(18)15(16(20)24)11(19)5-9;9-6-8(10)11-7-4-2-1-3-5-7/h4-5H,6-7,19H2,1-3H3,(H2,20,24);7H,1-6,9H2. The third-order valence-electron chi connectivity index (χ3n) is 6.33. The molecule has 10 heteroatoms. The second-order valence-electron chi connectivity index (χ2n) is 9.97. The van der Waals surface area contributed by atoms with Crippen molar-refractivity contribution in [3.05, 3.63) is 40.5 Å². The molecule has 1 aromatic heterocycles. The maximum absolute atomic E-state index is 14.2. The van der Waals surface area contributed by atoms with Crippen LogP contribution >= 0.6 is 0 Å². The number of fused-ring (bicyclic) bond motifs is 1. The maximum Gasteiger partial charge on any atom is 0.319 e. The number of ketones is 1. The highest BCUT2D eigenvalue weighted by Crippen LogP contribution is 2.37. The number of nitrogens with zero attached hydrogens (tertiary/aromatic N) is 2. The van der Waals surface area contributed by atoms with Gasteiger partial charge in [-0.1, -0.05) is 20.3 Å². The Morgan fingerprint density at radius 1 is 1.20 bits per heavy atom. The van der Waals surface area contributed by atoms with Crippen molar-refractivity contribution in [1.29, 1.82) is 0 Å². The van der Waals surface area contributed by atoms with Gasteiger partial charge in [-0.2, -0.15) is 5.10 Å². The number of esters is 1. The molecule has 1 aromatic carbocycles. The summed E-state index contributed by atoms with van der Waals surface area (Å²) >= 11 is 0. The molecule has 2 aliphatic rings. The Bertz CT molecular complexity index is 1110. The Balaban J connectivity index is 0.000000261. The minimum Gasteiger partial charge on any atom is -0.461 e. The van der Waals surface area contributed by atoms with Gasteiger partial charge in [0.2, 0.25) is 0 Å². The largest absolute Gasteiger partial charge is 0.461 e. The van der Waals surface area contributed by atoms with Crippen LogP contribution in [0.4, 0.5) is 10.1 Å². The predicted octanol–water partition coefficient (Wildman–Crippen LogP) is 2.98. The molecule has 0 saturated heterocycles. The number of anilines is 1. The van der Waals surface area contributed by atoms with E-state index in [1.165, 1.54) is 30.0 Å². The summed E-state index contributed by atoms with van der Waals surface area (Å²) in [6.07, 6.45) is 6.91. The highest BCUT2D eigenvalue weighted by Gasteiger charge is 2.36. The number of Topliss-reactive ketones (excluding diaryl/α,β-unsaturated/α-hetero) is 1. The third kappa shape index (κ3) is 6.05. The third-order valence-corrected chi connectivity index (χ3v) is 6.33. The van der Waals surface area contributed by atoms with E-state index >= 15 is 0 Å². The average Bonchev–Trinajstić information content (AvgIpc) is 3.09. The van der Waals surface area contributed by atoms with Gasteiger partial charge in [0.25, 0.3) is 5.91 Å². The van der Waals surface area contributed by atoms with Crippen LogP contribution in [0, 0.1) is 18.2 Å². The molecule has 9 nitrogen and oxygen atoms in total. The van der Waals surface area contributed by atoms with Crippen molar-refractivity contribution in [1.82, 2.24) is 9.78 Å². The van der Waals surface area contributed by atoms with Crippen molar-refractivity contribution in [2.24, 2.45) is 16.9 Å². The fourth-order valence-electron chi connectivity index (χ4n) is 4.77. The van der Waals surface area contributed by atoms with E-state index in [-0.39, 0.29) is 41.1 Å². The van der Waals surface area contributed by atoms with Crippen molar-refractivity contribution >= 4 is 23.3 Å². The minimum absolute atomic E-state index is 0.0104. The Kier molecular flexibility index (Phi) is 7.94. The number of rotatable bonds is 4. The van der Waals surface area contributed by atoms with Gasteiger partial charge >= 0.3 is 5.97 Å². The van der Waals surface area contributed by atoms with Gasteiger partial charge in [0, 0.05) is 18.2 Å². The van der Waals surface area contributed by atoms with E-state index in [4.69, 9.17) is 21.9 Å². The van der Waals surface area contributed by atoms with Crippen LogP contribution < -0.4 is 17.2 Å². The fourth-order valence-corrected chi connectivity index (χ4v) is 4.77. The molecule has 2 aliphatic carbocycles. The summed E-state index contributed by atoms with van der Waals surface area (Å²) in [6, 6.07) is 2.61. The number of halogens is 1. The van der Waals surface area contributed by atoms with E-state index in [0.29, 0.717) is 29.8 Å². The number of aromatic nitrogens is 2. The lowest BCUT2D eigenvalue weighted by Crippen LogP contribution is -2.28. The molecule has 35 heavy (non-hydrogen) atoms. The molecule has 1 heterocycles. The van der Waals surface area contributed by atoms with Crippen LogP contribution in [0.3, 0.4) is 0 Å². The molecule has 0 spiro atoms. The Labute approximate surface area is 204 Å². The predicted molar refractivity (Wildman–Crippen MR) is 130 cm³/mol. The number of carbonyl (C=O) groups is 3. The molecule has 0 atom stereocenters. The lowest BCUT2D eigenvalue weighted by molar-refractivity contribution is -0.148. The average molecular weight is 488 g/mol. The van der Waals surface area contributed by atoms with Crippen molar-refractivity contribution in [3.8, 4) is 5.69 Å². The normalized spacial score (nSPS) is 17.2. The molecule has 190 valence electrons. The molecule has 0 aliphatic heterocycles. The quantitative estimate of drug-likeness (QED) is 0.442. The van der Waals surface area contributed by atoms with Crippen molar-refractivity contribution in [2.75, 3.05) is 12.3 Å². The molecule has 0 unspecified atom stereocenters. The number of amides is 1. The van der Waals surface area contributed by atoms with Gasteiger partial charge < -0.3 is 21.9 Å². The van der Waals surface area contributed by atoms with E-state index in [1.807, 2.05) is 13.8 Å². The van der Waals surface area contributed by atoms with Gasteiger partial charge in [-0.25, -0.2) is 9.07 Å². The molecular weight excluding hydrogens is 453 g/mol. The summed E-state index contributed by atoms with van der Waals surface area (Å²) in [4.78, 5) is 34.5. The lowest BCUT2D eigenvalue weighted by Gasteiger charge is -2.29. The highest BCUT2D eigenvalue weighted by molar-refractivity contribution is 6.00. The van der Waals surface area contributed by atoms with Gasteiger partial charge in [0.15, 0.2) is 5.78 Å². The van der Waals surface area contributed by atoms with Crippen molar-refractivity contribution in [3.63, 3.8) is 0 Å². The summed E-state index contributed by atoms with van der Waals surface area (Å²) in [6.45, 7) is 5.77. The number of hydrogen-bond acceptors (Lipinski definition) is 7. The zero-order valence-electron chi connectivity index (χ0n) is 20.5. The van der Waals surface area contributed by atoms with Crippen LogP contribution in [0.15, 0.2) is 12.1 Å². The summed E-state index contributed by atoms with van der Waals surface area (Å²) in [5.41, 5.74) is 17.7. The SMILES string of the molecule is Cc1nn(-c2cc(N)c(C(N)=O)c(F)c2)c2c1C(=O)CC(C)(C)C2.NCC(=O)OC1CCCCC1. The topological polar surface area (TPSA) is 156 Å². The van der Waals surface area contributed by atoms with E-state index in [1.54, 1.807) is 6.92 Å². The van der Waals surface area contributed by atoms with Crippen LogP contribution in [0.25, 0.3) is 5.69 Å². The molecule has 0 bridgehead atoms. The number of aryl methyl sites for hydroxylation is 1. The number of nitrogen functional groups attached to an aromatic ring is 1. The first-order valence-corrected chi connectivity index (χ1v) is 11.8. The highest BCUT2D eigenvalue weighted by atomic mass is 19.1. The number of benzene rings is 1. The maximum atomic E-state index is 14.2. The van der Waals surface area contributed by atoms with Gasteiger partial charge in [0.1, 0.15) is 11.9 Å². The monoisotopic (exact) mass is 487 g/mol. The molecule has 0 radical (unpaired) electrons. The Morgan fingerprint density at radius 2 is 1.86 bits per heavy atom. The first-order chi connectivity index (χ1) is 16.4. The molecule has 1 amide bonds. The first-order valence-electron chi connectivity index (χ1n) is 11.8. The first kappa shape index (κ1) is 26.3. The second-order valence-corrected chi connectivity index (χ2v) is 9.97. The van der Waals surface area contributed by atoms with Crippen LogP contribution in [0.1, 0.15) is 84.5 Å². The molecule has 1 saturated carbocycles. The van der Waals surface area contributed by atoms with E-state index in [0.717, 1.165) is 24.6 Å². The van der Waals surface area contributed by atoms with Gasteiger partial charge in [0.05, 0.1) is 34.7 Å². The van der Waals surface area contributed by atoms with E-state index in [9.17, 15) is 18.8 Å². The lowest BCUT2D eigenvalue weighted by atomic mass is 9.75. The van der Waals surface area contributed by atoms with Crippen LogP contribution in [0.2, 0.25) is 0 Å². The molecule has 1 fully saturated rings. The Morgan fingerprint density at radius 3 is 2.43 bits per heavy atom. The van der Waals surface area contributed by atoms with Gasteiger partial charge in [-0.15, -0.1) is 0 Å². The van der Waals surface area contributed by atoms with Crippen molar-refractivity contribution in [2.45, 2.75) is 71.8 Å². The fraction of sp³-hybridized carbons (Fsp3) is 0.520. The summed E-state index contributed by atoms with van der Waals surface area (Å²) in [5, 5.41) is 4.39. The van der Waals surface area contributed by atoms with E-state index < -0.39 is 11.7 Å². The van der Waals surface area contributed by atoms with Crippen LogP contribution in [0.5, 0.6) is 0 Å². The van der Waals surface area contributed by atoms with Gasteiger partial charge in [-0.05, 0) is 50.5 Å². The van der Waals surface area contributed by atoms with Gasteiger partial charge in [-0.3, -0.25) is 14.4 Å². The minimum atomic E-state index is -0.925. The van der Waals surface area contributed by atoms with E-state index in [2.05, 4.69) is 5.10 Å². The zero-order valence-corrected chi connectivity index (χ0v) is 20.5. The number of ether oxygens (including phenoxy) is 1. The number of hydrogen-bond donors (Lipinski definition) is 3. The Hall–Kier alpha value is -3.27. The molecule has 4 rings (SSSR count). The summed E-state index contributed by atoms with van der Waals surface area (Å²) in [7, 11) is 0. The number of carbonyl (C=O) groups excluding carboxylic acids is 3. The van der Waals surface area contributed by atoms with Crippen LogP contribution in [-0.4, -0.2) is 40.1 Å². The molecule has 2 aromatic rings. The smallest absolute Gasteiger partial charge is 0.319 e.